The molecule has 0 radical (unpaired) electrons. The molecular formula is C16H20N2O. The fourth-order valence-corrected chi connectivity index (χ4v) is 2.12. The number of hydrogen-bond donors (Lipinski definition) is 2. The molecule has 1 heterocycles. The molecule has 2 aromatic rings. The lowest BCUT2D eigenvalue weighted by atomic mass is 10.0. The number of nitrogens with one attached hydrogen (secondary N) is 1. The topological polar surface area (TPSA) is 58.9 Å². The summed E-state index contributed by atoms with van der Waals surface area (Å²) in [5, 5.41) is 0. The predicted octanol–water partition coefficient (Wildman–Crippen LogP) is 2.70. The van der Waals surface area contributed by atoms with E-state index in [1.807, 2.05) is 18.2 Å². The van der Waals surface area contributed by atoms with E-state index in [9.17, 15) is 4.79 Å². The molecule has 100 valence electrons. The maximum atomic E-state index is 11.7. The summed E-state index contributed by atoms with van der Waals surface area (Å²) < 4.78 is 0. The van der Waals surface area contributed by atoms with Gasteiger partial charge in [0.15, 0.2) is 0 Å². The van der Waals surface area contributed by atoms with Crippen LogP contribution in [0.4, 0.5) is 0 Å². The van der Waals surface area contributed by atoms with Crippen LogP contribution in [0.25, 0.3) is 11.3 Å². The van der Waals surface area contributed by atoms with Crippen LogP contribution in [0.3, 0.4) is 0 Å². The van der Waals surface area contributed by atoms with Crippen molar-refractivity contribution in [1.29, 1.82) is 0 Å². The van der Waals surface area contributed by atoms with Gasteiger partial charge in [-0.05, 0) is 29.5 Å². The van der Waals surface area contributed by atoms with Crippen molar-refractivity contribution in [2.24, 2.45) is 11.7 Å². The quantitative estimate of drug-likeness (QED) is 0.883. The fourth-order valence-electron chi connectivity index (χ4n) is 2.12. The van der Waals surface area contributed by atoms with Crippen LogP contribution >= 0.6 is 0 Å². The second-order valence-electron chi connectivity index (χ2n) is 5.23. The van der Waals surface area contributed by atoms with Crippen LogP contribution in [0, 0.1) is 5.92 Å². The third kappa shape index (κ3) is 3.32. The normalized spacial score (nSPS) is 10.9. The Kier molecular flexibility index (Phi) is 4.17. The molecule has 0 aliphatic heterocycles. The van der Waals surface area contributed by atoms with Gasteiger partial charge in [-0.1, -0.05) is 44.2 Å². The predicted molar refractivity (Wildman–Crippen MR) is 78.9 cm³/mol. The van der Waals surface area contributed by atoms with Gasteiger partial charge in [0.25, 0.3) is 5.56 Å². The third-order valence-electron chi connectivity index (χ3n) is 3.12. The molecule has 2 rings (SSSR count). The Morgan fingerprint density at radius 1 is 1.11 bits per heavy atom. The summed E-state index contributed by atoms with van der Waals surface area (Å²) in [4.78, 5) is 14.6. The Hall–Kier alpha value is -1.87. The molecule has 0 spiro atoms. The summed E-state index contributed by atoms with van der Waals surface area (Å²) in [5.74, 6) is 0.648. The second-order valence-corrected chi connectivity index (χ2v) is 5.23. The maximum absolute atomic E-state index is 11.7. The number of benzene rings is 1. The molecule has 3 N–H and O–H groups in total. The molecule has 0 amide bonds. The molecule has 0 atom stereocenters. The van der Waals surface area contributed by atoms with E-state index < -0.39 is 0 Å². The van der Waals surface area contributed by atoms with E-state index in [0.29, 0.717) is 11.5 Å². The number of pyridine rings is 1. The van der Waals surface area contributed by atoms with Crippen LogP contribution in [0.2, 0.25) is 0 Å². The first-order valence-corrected chi connectivity index (χ1v) is 6.61. The molecule has 0 bridgehead atoms. The molecular weight excluding hydrogens is 236 g/mol. The Morgan fingerprint density at radius 3 is 2.32 bits per heavy atom. The number of rotatable bonds is 4. The summed E-state index contributed by atoms with van der Waals surface area (Å²) in [6, 6.07) is 12.0. The Bertz CT molecular complexity index is 597. The highest BCUT2D eigenvalue weighted by Crippen LogP contribution is 2.18. The Labute approximate surface area is 113 Å². The molecule has 1 aromatic heterocycles. The Balaban J connectivity index is 2.27. The monoisotopic (exact) mass is 256 g/mol. The smallest absolute Gasteiger partial charge is 0.252 e. The minimum Gasteiger partial charge on any atom is -0.326 e. The first-order valence-electron chi connectivity index (χ1n) is 6.61. The Morgan fingerprint density at radius 2 is 1.79 bits per heavy atom. The lowest BCUT2D eigenvalue weighted by Crippen LogP contribution is -2.15. The van der Waals surface area contributed by atoms with Crippen molar-refractivity contribution in [1.82, 2.24) is 4.98 Å². The molecule has 19 heavy (non-hydrogen) atoms. The minimum absolute atomic E-state index is 0.105. The molecule has 3 heteroatoms. The largest absolute Gasteiger partial charge is 0.326 e. The highest BCUT2D eigenvalue weighted by Gasteiger charge is 2.03. The van der Waals surface area contributed by atoms with Crippen LogP contribution in [-0.2, 0) is 13.0 Å². The van der Waals surface area contributed by atoms with Gasteiger partial charge in [-0.15, -0.1) is 0 Å². The average Bonchev–Trinajstić information content (AvgIpc) is 2.39. The van der Waals surface area contributed by atoms with Crippen molar-refractivity contribution < 1.29 is 0 Å². The summed E-state index contributed by atoms with van der Waals surface area (Å²) in [6.45, 7) is 4.68. The zero-order chi connectivity index (χ0) is 13.8. The molecule has 0 saturated heterocycles. The molecule has 0 aliphatic carbocycles. The molecule has 0 unspecified atom stereocenters. The molecule has 3 nitrogen and oxygen atoms in total. The number of aromatic amines is 1. The van der Waals surface area contributed by atoms with E-state index >= 15 is 0 Å². The number of aromatic nitrogens is 1. The summed E-state index contributed by atoms with van der Waals surface area (Å²) >= 11 is 0. The molecule has 1 aromatic carbocycles. The van der Waals surface area contributed by atoms with Crippen LogP contribution in [0.15, 0.2) is 41.2 Å². The lowest BCUT2D eigenvalue weighted by Gasteiger charge is -2.07. The van der Waals surface area contributed by atoms with Gasteiger partial charge in [0.05, 0.1) is 0 Å². The zero-order valence-corrected chi connectivity index (χ0v) is 11.4. The second kappa shape index (κ2) is 5.85. The maximum Gasteiger partial charge on any atom is 0.252 e. The number of nitrogens with two attached hydrogens (primary N) is 1. The van der Waals surface area contributed by atoms with Gasteiger partial charge in [0.1, 0.15) is 0 Å². The van der Waals surface area contributed by atoms with E-state index in [1.165, 1.54) is 5.56 Å². The van der Waals surface area contributed by atoms with Crippen LogP contribution in [0.1, 0.15) is 25.0 Å². The average molecular weight is 256 g/mol. The van der Waals surface area contributed by atoms with E-state index in [2.05, 4.69) is 31.0 Å². The van der Waals surface area contributed by atoms with Gasteiger partial charge in [0, 0.05) is 17.8 Å². The van der Waals surface area contributed by atoms with Crippen molar-refractivity contribution in [3.8, 4) is 11.3 Å². The zero-order valence-electron chi connectivity index (χ0n) is 11.4. The first-order chi connectivity index (χ1) is 9.10. The molecule has 0 aliphatic rings. The minimum atomic E-state index is -0.105. The molecule has 0 saturated carbocycles. The van der Waals surface area contributed by atoms with Gasteiger partial charge in [0.2, 0.25) is 0 Å². The SMILES string of the molecule is CC(C)Cc1ccc(-c2ccc(CN)c(=O)[nH]2)cc1. The highest BCUT2D eigenvalue weighted by atomic mass is 16.1. The summed E-state index contributed by atoms with van der Waals surface area (Å²) in [5.41, 5.74) is 9.16. The van der Waals surface area contributed by atoms with Gasteiger partial charge in [-0.3, -0.25) is 4.79 Å². The van der Waals surface area contributed by atoms with Gasteiger partial charge < -0.3 is 10.7 Å². The number of hydrogen-bond acceptors (Lipinski definition) is 2. The standard InChI is InChI=1S/C16H20N2O/c1-11(2)9-12-3-5-13(6-4-12)15-8-7-14(10-17)16(19)18-15/h3-8,11H,9-10,17H2,1-2H3,(H,18,19). The van der Waals surface area contributed by atoms with Crippen molar-refractivity contribution in [3.05, 3.63) is 57.9 Å². The van der Waals surface area contributed by atoms with Crippen LogP contribution < -0.4 is 11.3 Å². The molecule has 0 fully saturated rings. The van der Waals surface area contributed by atoms with E-state index in [0.717, 1.165) is 17.7 Å². The van der Waals surface area contributed by atoms with Gasteiger partial charge >= 0.3 is 0 Å². The van der Waals surface area contributed by atoms with E-state index in [1.54, 1.807) is 6.07 Å². The first kappa shape index (κ1) is 13.6. The van der Waals surface area contributed by atoms with Crippen molar-refractivity contribution in [2.45, 2.75) is 26.8 Å². The summed E-state index contributed by atoms with van der Waals surface area (Å²) in [7, 11) is 0. The van der Waals surface area contributed by atoms with Gasteiger partial charge in [-0.25, -0.2) is 0 Å². The fraction of sp³-hybridized carbons (Fsp3) is 0.312. The van der Waals surface area contributed by atoms with Crippen molar-refractivity contribution in [3.63, 3.8) is 0 Å². The van der Waals surface area contributed by atoms with Crippen LogP contribution in [0.5, 0.6) is 0 Å². The lowest BCUT2D eigenvalue weighted by molar-refractivity contribution is 0.647. The summed E-state index contributed by atoms with van der Waals surface area (Å²) in [6.07, 6.45) is 1.07. The highest BCUT2D eigenvalue weighted by molar-refractivity contribution is 5.59. The van der Waals surface area contributed by atoms with Crippen molar-refractivity contribution in [2.75, 3.05) is 0 Å². The van der Waals surface area contributed by atoms with E-state index in [4.69, 9.17) is 5.73 Å². The third-order valence-corrected chi connectivity index (χ3v) is 3.12. The van der Waals surface area contributed by atoms with Gasteiger partial charge in [-0.2, -0.15) is 0 Å². The van der Waals surface area contributed by atoms with Crippen molar-refractivity contribution >= 4 is 0 Å². The number of H-pyrrole nitrogens is 1. The van der Waals surface area contributed by atoms with Crippen LogP contribution in [-0.4, -0.2) is 4.98 Å². The van der Waals surface area contributed by atoms with E-state index in [-0.39, 0.29) is 12.1 Å².